The van der Waals surface area contributed by atoms with Crippen LogP contribution in [0.3, 0.4) is 0 Å². The lowest BCUT2D eigenvalue weighted by Crippen LogP contribution is -2.35. The van der Waals surface area contributed by atoms with Crippen molar-refractivity contribution in [3.63, 3.8) is 0 Å². The van der Waals surface area contributed by atoms with Crippen LogP contribution in [-0.2, 0) is 16.1 Å². The van der Waals surface area contributed by atoms with E-state index in [2.05, 4.69) is 11.0 Å². The number of nitrogens with zero attached hydrogens (tertiary/aromatic N) is 4. The Bertz CT molecular complexity index is 1020. The lowest BCUT2D eigenvalue weighted by Gasteiger charge is -2.29. The van der Waals surface area contributed by atoms with Crippen molar-refractivity contribution < 1.29 is 9.53 Å². The Hall–Kier alpha value is -2.15. The molecule has 0 unspecified atom stereocenters. The highest BCUT2D eigenvalue weighted by Crippen LogP contribution is 2.36. The third kappa shape index (κ3) is 4.92. The van der Waals surface area contributed by atoms with Gasteiger partial charge in [0.25, 0.3) is 11.5 Å². The number of anilines is 1. The minimum absolute atomic E-state index is 0.132. The van der Waals surface area contributed by atoms with Gasteiger partial charge in [-0.2, -0.15) is 5.26 Å². The smallest absolute Gasteiger partial charge is 0.270 e. The number of pyridine rings is 1. The van der Waals surface area contributed by atoms with E-state index in [0.29, 0.717) is 40.9 Å². The Morgan fingerprint density at radius 3 is 2.50 bits per heavy atom. The number of thioether (sulfide) groups is 1. The van der Waals surface area contributed by atoms with Crippen molar-refractivity contribution in [2.24, 2.45) is 0 Å². The molecule has 3 heterocycles. The normalized spacial score (nSPS) is 18.4. The first-order chi connectivity index (χ1) is 15.4. The average molecular weight is 475 g/mol. The lowest BCUT2D eigenvalue weighted by molar-refractivity contribution is -0.122. The first-order valence-electron chi connectivity index (χ1n) is 11.1. The summed E-state index contributed by atoms with van der Waals surface area (Å²) in [6.07, 6.45) is 6.97. The maximum absolute atomic E-state index is 13.1. The fraction of sp³-hybridized carbons (Fsp3) is 0.565. The number of amides is 1. The molecule has 9 heteroatoms. The number of ether oxygens (including phenoxy) is 1. The maximum atomic E-state index is 13.1. The minimum atomic E-state index is -0.268. The molecule has 0 atom stereocenters. The molecule has 7 nitrogen and oxygen atoms in total. The van der Waals surface area contributed by atoms with Gasteiger partial charge in [0.05, 0.1) is 4.91 Å². The summed E-state index contributed by atoms with van der Waals surface area (Å²) in [7, 11) is 1.63. The standard InChI is InChI=1S/C23H30N4O3S2/c1-4-26-20(25-10-7-5-6-8-11-25)17(16(2)18(15-24)21(26)28)14-19-22(29)27(23(31)32-19)12-9-13-30-3/h14H,4-13H2,1-3H3/b19-14-. The van der Waals surface area contributed by atoms with Crippen LogP contribution in [0.2, 0.25) is 0 Å². The molecule has 1 aromatic heterocycles. The predicted octanol–water partition coefficient (Wildman–Crippen LogP) is 3.67. The Labute approximate surface area is 199 Å². The van der Waals surface area contributed by atoms with Crippen LogP contribution in [0.1, 0.15) is 55.7 Å². The number of hydrogen-bond acceptors (Lipinski definition) is 7. The molecule has 2 aliphatic rings. The molecule has 0 aromatic carbocycles. The van der Waals surface area contributed by atoms with Crippen LogP contribution in [0.15, 0.2) is 9.70 Å². The van der Waals surface area contributed by atoms with Gasteiger partial charge in [0, 0.05) is 45.5 Å². The van der Waals surface area contributed by atoms with Crippen molar-refractivity contribution in [3.05, 3.63) is 31.9 Å². The summed E-state index contributed by atoms with van der Waals surface area (Å²) in [5.41, 5.74) is 1.25. The first kappa shape index (κ1) is 24.5. The van der Waals surface area contributed by atoms with Crippen LogP contribution >= 0.6 is 24.0 Å². The van der Waals surface area contributed by atoms with Gasteiger partial charge in [-0.25, -0.2) is 0 Å². The van der Waals surface area contributed by atoms with Crippen molar-refractivity contribution >= 4 is 46.1 Å². The molecular weight excluding hydrogens is 444 g/mol. The maximum Gasteiger partial charge on any atom is 0.270 e. The Morgan fingerprint density at radius 1 is 1.22 bits per heavy atom. The summed E-state index contributed by atoms with van der Waals surface area (Å²) in [4.78, 5) is 30.6. The molecule has 0 aliphatic carbocycles. The number of hydrogen-bond donors (Lipinski definition) is 0. The number of nitriles is 1. The zero-order chi connectivity index (χ0) is 23.3. The van der Waals surface area contributed by atoms with Crippen molar-refractivity contribution in [2.75, 3.05) is 38.3 Å². The fourth-order valence-corrected chi connectivity index (χ4v) is 5.54. The summed E-state index contributed by atoms with van der Waals surface area (Å²) >= 11 is 6.73. The van der Waals surface area contributed by atoms with Crippen molar-refractivity contribution in [3.8, 4) is 6.07 Å². The van der Waals surface area contributed by atoms with Crippen molar-refractivity contribution in [1.82, 2.24) is 9.47 Å². The summed E-state index contributed by atoms with van der Waals surface area (Å²) in [5.74, 6) is 0.672. The van der Waals surface area contributed by atoms with Crippen LogP contribution in [0.4, 0.5) is 5.82 Å². The monoisotopic (exact) mass is 474 g/mol. The van der Waals surface area contributed by atoms with Crippen LogP contribution < -0.4 is 10.5 Å². The lowest BCUT2D eigenvalue weighted by atomic mass is 10.0. The molecule has 0 N–H and O–H groups in total. The molecule has 3 rings (SSSR count). The van der Waals surface area contributed by atoms with Crippen LogP contribution in [0, 0.1) is 18.3 Å². The third-order valence-electron chi connectivity index (χ3n) is 5.95. The van der Waals surface area contributed by atoms with E-state index in [-0.39, 0.29) is 17.0 Å². The van der Waals surface area contributed by atoms with E-state index in [9.17, 15) is 14.9 Å². The van der Waals surface area contributed by atoms with E-state index in [0.717, 1.165) is 50.2 Å². The van der Waals surface area contributed by atoms with E-state index in [4.69, 9.17) is 17.0 Å². The third-order valence-corrected chi connectivity index (χ3v) is 7.33. The van der Waals surface area contributed by atoms with Crippen molar-refractivity contribution in [2.45, 2.75) is 52.5 Å². The summed E-state index contributed by atoms with van der Waals surface area (Å²) in [5, 5.41) is 9.70. The molecule has 1 amide bonds. The second kappa shape index (κ2) is 11.1. The van der Waals surface area contributed by atoms with Gasteiger partial charge in [0.15, 0.2) is 0 Å². The van der Waals surface area contributed by atoms with Gasteiger partial charge in [-0.05, 0) is 44.7 Å². The molecule has 2 saturated heterocycles. The van der Waals surface area contributed by atoms with E-state index in [1.807, 2.05) is 13.0 Å². The molecular formula is C23H30N4O3S2. The van der Waals surface area contributed by atoms with Gasteiger partial charge >= 0.3 is 0 Å². The molecule has 1 aromatic rings. The highest BCUT2D eigenvalue weighted by Gasteiger charge is 2.33. The predicted molar refractivity (Wildman–Crippen MR) is 133 cm³/mol. The van der Waals surface area contributed by atoms with Gasteiger partial charge < -0.3 is 9.64 Å². The molecule has 0 saturated carbocycles. The van der Waals surface area contributed by atoms with Crippen LogP contribution in [0.5, 0.6) is 0 Å². The number of carbonyl (C=O) groups is 1. The van der Waals surface area contributed by atoms with Gasteiger partial charge in [0.2, 0.25) is 0 Å². The van der Waals surface area contributed by atoms with Gasteiger partial charge in [0.1, 0.15) is 21.8 Å². The van der Waals surface area contributed by atoms with Gasteiger partial charge in [-0.1, -0.05) is 36.8 Å². The molecule has 172 valence electrons. The number of thiocarbonyl (C=S) groups is 1. The molecule has 0 bridgehead atoms. The fourth-order valence-electron chi connectivity index (χ4n) is 4.25. The highest BCUT2D eigenvalue weighted by atomic mass is 32.2. The van der Waals surface area contributed by atoms with Crippen LogP contribution in [0.25, 0.3) is 6.08 Å². The Kier molecular flexibility index (Phi) is 8.51. The summed E-state index contributed by atoms with van der Waals surface area (Å²) in [6.45, 7) is 6.93. The van der Waals surface area contributed by atoms with E-state index < -0.39 is 0 Å². The highest BCUT2D eigenvalue weighted by molar-refractivity contribution is 8.26. The first-order valence-corrected chi connectivity index (χ1v) is 12.3. The zero-order valence-electron chi connectivity index (χ0n) is 19.0. The zero-order valence-corrected chi connectivity index (χ0v) is 20.6. The van der Waals surface area contributed by atoms with E-state index in [1.54, 1.807) is 23.5 Å². The molecule has 2 aliphatic heterocycles. The van der Waals surface area contributed by atoms with E-state index >= 15 is 0 Å². The summed E-state index contributed by atoms with van der Waals surface area (Å²) in [6, 6.07) is 2.09. The molecule has 0 radical (unpaired) electrons. The second-order valence-electron chi connectivity index (χ2n) is 7.98. The number of carbonyl (C=O) groups excluding carboxylic acids is 1. The van der Waals surface area contributed by atoms with Crippen LogP contribution in [-0.4, -0.2) is 53.0 Å². The quantitative estimate of drug-likeness (QED) is 0.339. The van der Waals surface area contributed by atoms with Gasteiger partial charge in [-0.3, -0.25) is 19.1 Å². The van der Waals surface area contributed by atoms with Crippen molar-refractivity contribution in [1.29, 1.82) is 5.26 Å². The Morgan fingerprint density at radius 2 is 1.91 bits per heavy atom. The molecule has 2 fully saturated rings. The number of aromatic nitrogens is 1. The number of methoxy groups -OCH3 is 1. The SMILES string of the molecule is CCn1c(N2CCCCCC2)c(/C=C2\SC(=S)N(CCCOC)C2=O)c(C)c(C#N)c1=O. The average Bonchev–Trinajstić information content (AvgIpc) is 2.95. The largest absolute Gasteiger partial charge is 0.385 e. The van der Waals surface area contributed by atoms with E-state index in [1.165, 1.54) is 11.8 Å². The molecule has 32 heavy (non-hydrogen) atoms. The van der Waals surface area contributed by atoms with Gasteiger partial charge in [-0.15, -0.1) is 0 Å². The summed E-state index contributed by atoms with van der Waals surface area (Å²) < 4.78 is 7.30. The topological polar surface area (TPSA) is 78.6 Å². The Balaban J connectivity index is 2.12. The second-order valence-corrected chi connectivity index (χ2v) is 9.66. The molecule has 0 spiro atoms. The minimum Gasteiger partial charge on any atom is -0.385 e. The number of rotatable bonds is 7.